The number of hydrogen-bond donors (Lipinski definition) is 0. The van der Waals surface area contributed by atoms with Crippen molar-refractivity contribution >= 4 is 17.6 Å². The maximum absolute atomic E-state index is 5.61. The van der Waals surface area contributed by atoms with E-state index in [0.717, 1.165) is 12.1 Å². The van der Waals surface area contributed by atoms with Gasteiger partial charge in [-0.15, -0.1) is 0 Å². The zero-order valence-corrected chi connectivity index (χ0v) is 9.67. The Labute approximate surface area is 67.5 Å². The predicted molar refractivity (Wildman–Crippen MR) is 50.8 cm³/mol. The normalized spacial score (nSPS) is 32.4. The van der Waals surface area contributed by atoms with Gasteiger partial charge in [-0.05, 0) is 6.42 Å². The van der Waals surface area contributed by atoms with Gasteiger partial charge in [-0.2, -0.15) is 0 Å². The highest BCUT2D eigenvalue weighted by Gasteiger charge is 2.21. The Balaban J connectivity index is 2.24. The highest BCUT2D eigenvalue weighted by molar-refractivity contribution is 7.10. The number of rotatable bonds is 2. The summed E-state index contributed by atoms with van der Waals surface area (Å²) in [5, 5.41) is 0. The molecular formula is C7H18OSi2. The monoisotopic (exact) mass is 174 g/mol. The minimum Gasteiger partial charge on any atom is -0.428 e. The van der Waals surface area contributed by atoms with Gasteiger partial charge in [-0.1, -0.05) is 31.9 Å². The smallest absolute Gasteiger partial charge is 0.147 e. The van der Waals surface area contributed by atoms with E-state index in [-0.39, 0.29) is 17.6 Å². The maximum Gasteiger partial charge on any atom is 0.147 e. The van der Waals surface area contributed by atoms with Gasteiger partial charge in [0.2, 0.25) is 0 Å². The lowest BCUT2D eigenvalue weighted by Gasteiger charge is -2.24. The Morgan fingerprint density at radius 3 is 3.00 bits per heavy atom. The molecule has 3 heteroatoms. The molecule has 10 heavy (non-hydrogen) atoms. The van der Waals surface area contributed by atoms with Crippen LogP contribution < -0.4 is 0 Å². The summed E-state index contributed by atoms with van der Waals surface area (Å²) >= 11 is 0. The van der Waals surface area contributed by atoms with Crippen molar-refractivity contribution in [2.24, 2.45) is 0 Å². The van der Waals surface area contributed by atoms with Crippen molar-refractivity contribution in [2.45, 2.75) is 38.3 Å². The van der Waals surface area contributed by atoms with E-state index in [4.69, 9.17) is 4.43 Å². The van der Waals surface area contributed by atoms with Crippen molar-refractivity contribution < 1.29 is 4.43 Å². The Hall–Kier alpha value is 0.394. The van der Waals surface area contributed by atoms with Gasteiger partial charge in [0.25, 0.3) is 0 Å². The van der Waals surface area contributed by atoms with Crippen LogP contribution in [0.25, 0.3) is 0 Å². The van der Waals surface area contributed by atoms with Gasteiger partial charge in [0.1, 0.15) is 9.28 Å². The molecule has 0 aliphatic carbocycles. The fourth-order valence-corrected chi connectivity index (χ4v) is 9.40. The Bertz CT molecular complexity index is 91.6. The molecule has 1 rings (SSSR count). The number of hydrogen-bond acceptors (Lipinski definition) is 1. The molecule has 0 aromatic rings. The van der Waals surface area contributed by atoms with Crippen LogP contribution >= 0.6 is 0 Å². The molecule has 0 saturated carbocycles. The fraction of sp³-hybridized carbons (Fsp3) is 1.00. The first-order valence-corrected chi connectivity index (χ1v) is 9.75. The minimum absolute atomic E-state index is 0.00292. The first-order chi connectivity index (χ1) is 4.84. The van der Waals surface area contributed by atoms with Gasteiger partial charge in [0.05, 0.1) is 8.31 Å². The topological polar surface area (TPSA) is 9.23 Å². The van der Waals surface area contributed by atoms with Crippen LogP contribution in [0.2, 0.25) is 11.6 Å². The maximum atomic E-state index is 5.61. The van der Waals surface area contributed by atoms with Crippen LogP contribution in [0.4, 0.5) is 0 Å². The van der Waals surface area contributed by atoms with E-state index in [1.807, 2.05) is 0 Å². The second-order valence-corrected chi connectivity index (χ2v) is 11.5. The zero-order chi connectivity index (χ0) is 7.40. The molecule has 0 aromatic heterocycles. The lowest BCUT2D eigenvalue weighted by Crippen LogP contribution is -2.33. The molecule has 0 aromatic carbocycles. The molecule has 1 nitrogen and oxygen atoms in total. The van der Waals surface area contributed by atoms with E-state index in [1.165, 1.54) is 12.8 Å². The molecule has 2 atom stereocenters. The quantitative estimate of drug-likeness (QED) is 0.568. The third kappa shape index (κ3) is 2.21. The van der Waals surface area contributed by atoms with Gasteiger partial charge in [-0.3, -0.25) is 0 Å². The summed E-state index contributed by atoms with van der Waals surface area (Å²) in [6.45, 7) is 5.84. The summed E-state index contributed by atoms with van der Waals surface area (Å²) in [6.07, 6.45) is 2.77. The molecular weight excluding hydrogens is 156 g/mol. The third-order valence-electron chi connectivity index (χ3n) is 2.64. The van der Waals surface area contributed by atoms with Crippen molar-refractivity contribution in [1.82, 2.24) is 0 Å². The predicted octanol–water partition coefficient (Wildman–Crippen LogP) is 1.01. The Kier molecular flexibility index (Phi) is 3.66. The average molecular weight is 174 g/mol. The van der Waals surface area contributed by atoms with E-state index >= 15 is 0 Å². The van der Waals surface area contributed by atoms with Crippen LogP contribution in [0.1, 0.15) is 26.7 Å². The molecule has 1 aliphatic rings. The largest absolute Gasteiger partial charge is 0.428 e. The average Bonchev–Trinajstić information content (AvgIpc) is 2.05. The van der Waals surface area contributed by atoms with Crippen LogP contribution in [-0.2, 0) is 4.43 Å². The van der Waals surface area contributed by atoms with E-state index in [1.54, 1.807) is 6.04 Å². The molecule has 0 spiro atoms. The molecule has 1 aliphatic heterocycles. The molecule has 0 N–H and O–H groups in total. The molecule has 0 amide bonds. The van der Waals surface area contributed by atoms with E-state index in [2.05, 4.69) is 13.8 Å². The van der Waals surface area contributed by atoms with E-state index in [0.29, 0.717) is 0 Å². The fourth-order valence-electron chi connectivity index (χ4n) is 1.55. The standard InChI is InChI=1S/C7H18OSi2/c1-3-7(2)10-6-4-5-8-9-10/h7,10H,3-6,9H2,1-2H3. The molecule has 2 unspecified atom stereocenters. The van der Waals surface area contributed by atoms with Crippen LogP contribution in [0.15, 0.2) is 0 Å². The first-order valence-electron chi connectivity index (χ1n) is 4.42. The minimum atomic E-state index is -0.304. The molecule has 0 radical (unpaired) electrons. The van der Waals surface area contributed by atoms with E-state index < -0.39 is 0 Å². The van der Waals surface area contributed by atoms with Crippen LogP contribution in [0.5, 0.6) is 0 Å². The second-order valence-electron chi connectivity index (χ2n) is 3.36. The Morgan fingerprint density at radius 1 is 1.70 bits per heavy atom. The van der Waals surface area contributed by atoms with Gasteiger partial charge >= 0.3 is 0 Å². The highest BCUT2D eigenvalue weighted by atomic mass is 29.2. The van der Waals surface area contributed by atoms with Gasteiger partial charge in [0, 0.05) is 6.61 Å². The van der Waals surface area contributed by atoms with Crippen LogP contribution in [0.3, 0.4) is 0 Å². The molecule has 1 fully saturated rings. The third-order valence-corrected chi connectivity index (χ3v) is 12.5. The lowest BCUT2D eigenvalue weighted by atomic mass is 10.4. The Morgan fingerprint density at radius 2 is 2.50 bits per heavy atom. The second kappa shape index (κ2) is 4.31. The molecule has 1 heterocycles. The molecule has 0 bridgehead atoms. The van der Waals surface area contributed by atoms with Crippen molar-refractivity contribution in [3.05, 3.63) is 0 Å². The summed E-state index contributed by atoms with van der Waals surface area (Å²) in [7, 11) is -0.301. The van der Waals surface area contributed by atoms with Crippen molar-refractivity contribution in [1.29, 1.82) is 0 Å². The first kappa shape index (κ1) is 8.49. The van der Waals surface area contributed by atoms with Crippen LogP contribution in [-0.4, -0.2) is 24.2 Å². The summed E-state index contributed by atoms with van der Waals surface area (Å²) in [4.78, 5) is 0. The summed E-state index contributed by atoms with van der Waals surface area (Å²) in [6, 6.07) is 1.58. The summed E-state index contributed by atoms with van der Waals surface area (Å²) < 4.78 is 5.61. The zero-order valence-electron chi connectivity index (χ0n) is 7.10. The SMILES string of the molecule is CCC(C)[SiH]1CCCO[SiH2]1. The van der Waals surface area contributed by atoms with E-state index in [9.17, 15) is 0 Å². The lowest BCUT2D eigenvalue weighted by molar-refractivity contribution is 0.334. The van der Waals surface area contributed by atoms with Gasteiger partial charge in [0.15, 0.2) is 0 Å². The molecule has 60 valence electrons. The van der Waals surface area contributed by atoms with Gasteiger partial charge in [-0.25, -0.2) is 0 Å². The highest BCUT2D eigenvalue weighted by Crippen LogP contribution is 2.19. The molecule has 1 saturated heterocycles. The van der Waals surface area contributed by atoms with Crippen molar-refractivity contribution in [2.75, 3.05) is 6.61 Å². The van der Waals surface area contributed by atoms with Gasteiger partial charge < -0.3 is 4.43 Å². The summed E-state index contributed by atoms with van der Waals surface area (Å²) in [5.41, 5.74) is 1.06. The van der Waals surface area contributed by atoms with Crippen molar-refractivity contribution in [3.63, 3.8) is 0 Å². The van der Waals surface area contributed by atoms with Crippen LogP contribution in [0, 0.1) is 0 Å². The van der Waals surface area contributed by atoms with Crippen molar-refractivity contribution in [3.8, 4) is 0 Å². The summed E-state index contributed by atoms with van der Waals surface area (Å²) in [5.74, 6) is 0.